The van der Waals surface area contributed by atoms with E-state index in [0.29, 0.717) is 12.1 Å². The number of nitrogens with zero attached hydrogens (tertiary/aromatic N) is 1. The lowest BCUT2D eigenvalue weighted by Crippen LogP contribution is -2.40. The minimum Gasteiger partial charge on any atom is -0.478 e. The minimum atomic E-state index is -0.986. The van der Waals surface area contributed by atoms with E-state index >= 15 is 0 Å². The Morgan fingerprint density at radius 2 is 2.05 bits per heavy atom. The molecule has 0 spiro atoms. The Labute approximate surface area is 124 Å². The number of terminal acetylenes is 1. The van der Waals surface area contributed by atoms with E-state index in [1.165, 1.54) is 6.07 Å². The highest BCUT2D eigenvalue weighted by Gasteiger charge is 2.25. The maximum atomic E-state index is 12.5. The largest absolute Gasteiger partial charge is 0.478 e. The number of hydrogen-bond donors (Lipinski definition) is 1. The molecule has 1 aliphatic carbocycles. The zero-order valence-electron chi connectivity index (χ0n) is 11.9. The molecule has 1 amide bonds. The van der Waals surface area contributed by atoms with Gasteiger partial charge in [0.25, 0.3) is 0 Å². The Kier molecular flexibility index (Phi) is 4.99. The van der Waals surface area contributed by atoms with Crippen molar-refractivity contribution in [2.75, 3.05) is 6.54 Å². The number of aromatic carboxylic acids is 1. The molecule has 21 heavy (non-hydrogen) atoms. The Hall–Kier alpha value is -2.28. The number of carboxylic acid groups (broad SMARTS) is 1. The molecular formula is C17H19NO3. The molecule has 1 N–H and O–H groups in total. The number of hydrogen-bond acceptors (Lipinski definition) is 2. The van der Waals surface area contributed by atoms with Crippen LogP contribution in [-0.4, -0.2) is 34.5 Å². The van der Waals surface area contributed by atoms with Gasteiger partial charge in [-0.3, -0.25) is 4.79 Å². The molecule has 2 rings (SSSR count). The average Bonchev–Trinajstić information content (AvgIpc) is 2.98. The van der Waals surface area contributed by atoms with Crippen molar-refractivity contribution >= 4 is 11.9 Å². The molecule has 4 nitrogen and oxygen atoms in total. The number of carbonyl (C=O) groups is 2. The van der Waals surface area contributed by atoms with Gasteiger partial charge in [-0.25, -0.2) is 4.79 Å². The van der Waals surface area contributed by atoms with Crippen molar-refractivity contribution in [3.8, 4) is 12.3 Å². The molecule has 0 aliphatic heterocycles. The summed E-state index contributed by atoms with van der Waals surface area (Å²) in [5.74, 6) is 1.54. The highest BCUT2D eigenvalue weighted by atomic mass is 16.4. The molecule has 1 saturated carbocycles. The third-order valence-corrected chi connectivity index (χ3v) is 3.88. The molecule has 0 unspecified atom stereocenters. The van der Waals surface area contributed by atoms with E-state index in [2.05, 4.69) is 5.92 Å². The zero-order chi connectivity index (χ0) is 15.2. The van der Waals surface area contributed by atoms with Crippen molar-refractivity contribution in [2.24, 2.45) is 0 Å². The first-order chi connectivity index (χ1) is 10.1. The summed E-state index contributed by atoms with van der Waals surface area (Å²) >= 11 is 0. The van der Waals surface area contributed by atoms with E-state index in [0.717, 1.165) is 25.7 Å². The fourth-order valence-corrected chi connectivity index (χ4v) is 2.83. The first-order valence-corrected chi connectivity index (χ1v) is 7.17. The molecule has 0 heterocycles. The lowest BCUT2D eigenvalue weighted by atomic mass is 10.1. The van der Waals surface area contributed by atoms with Crippen molar-refractivity contribution in [1.29, 1.82) is 0 Å². The second-order valence-corrected chi connectivity index (χ2v) is 5.35. The highest BCUT2D eigenvalue weighted by molar-refractivity contribution is 5.88. The van der Waals surface area contributed by atoms with Gasteiger partial charge < -0.3 is 10.0 Å². The van der Waals surface area contributed by atoms with Crippen molar-refractivity contribution in [3.63, 3.8) is 0 Å². The van der Waals surface area contributed by atoms with Gasteiger partial charge >= 0.3 is 5.97 Å². The van der Waals surface area contributed by atoms with Gasteiger partial charge in [-0.2, -0.15) is 0 Å². The van der Waals surface area contributed by atoms with Gasteiger partial charge in [-0.15, -0.1) is 6.42 Å². The summed E-state index contributed by atoms with van der Waals surface area (Å²) in [7, 11) is 0. The van der Waals surface area contributed by atoms with Gasteiger partial charge in [0.2, 0.25) is 5.91 Å². The van der Waals surface area contributed by atoms with Crippen molar-refractivity contribution in [3.05, 3.63) is 35.4 Å². The monoisotopic (exact) mass is 285 g/mol. The number of carboxylic acids is 1. The van der Waals surface area contributed by atoms with Crippen molar-refractivity contribution in [1.82, 2.24) is 4.90 Å². The SMILES string of the molecule is C#CCN(C(=O)Cc1cccc(C(=O)O)c1)C1CCCC1. The molecule has 0 saturated heterocycles. The average molecular weight is 285 g/mol. The molecular weight excluding hydrogens is 266 g/mol. The third-order valence-electron chi connectivity index (χ3n) is 3.88. The van der Waals surface area contributed by atoms with Crippen LogP contribution in [-0.2, 0) is 11.2 Å². The summed E-state index contributed by atoms with van der Waals surface area (Å²) in [5.41, 5.74) is 0.907. The first-order valence-electron chi connectivity index (χ1n) is 7.17. The molecule has 0 atom stereocenters. The fraction of sp³-hybridized carbons (Fsp3) is 0.412. The lowest BCUT2D eigenvalue weighted by Gasteiger charge is -2.27. The predicted octanol–water partition coefficient (Wildman–Crippen LogP) is 2.33. The normalized spacial score (nSPS) is 14.6. The molecule has 1 aromatic rings. The van der Waals surface area contributed by atoms with Crippen LogP contribution in [0.5, 0.6) is 0 Å². The zero-order valence-corrected chi connectivity index (χ0v) is 11.9. The Balaban J connectivity index is 2.09. The molecule has 0 radical (unpaired) electrons. The maximum absolute atomic E-state index is 12.5. The predicted molar refractivity (Wildman–Crippen MR) is 79.9 cm³/mol. The smallest absolute Gasteiger partial charge is 0.335 e. The summed E-state index contributed by atoms with van der Waals surface area (Å²) in [6.45, 7) is 0.322. The summed E-state index contributed by atoms with van der Waals surface area (Å²) in [6.07, 6.45) is 9.83. The van der Waals surface area contributed by atoms with E-state index < -0.39 is 5.97 Å². The summed E-state index contributed by atoms with van der Waals surface area (Å²) in [4.78, 5) is 25.2. The summed E-state index contributed by atoms with van der Waals surface area (Å²) in [5, 5.41) is 8.99. The van der Waals surface area contributed by atoms with E-state index in [1.807, 2.05) is 0 Å². The van der Waals surface area contributed by atoms with Gasteiger partial charge in [-0.1, -0.05) is 30.9 Å². The van der Waals surface area contributed by atoms with Crippen molar-refractivity contribution in [2.45, 2.75) is 38.1 Å². The van der Waals surface area contributed by atoms with Crippen LogP contribution in [0.25, 0.3) is 0 Å². The standard InChI is InChI=1S/C17H19NO3/c1-2-10-18(15-8-3-4-9-15)16(19)12-13-6-5-7-14(11-13)17(20)21/h1,5-7,11,15H,3-4,8-10,12H2,(H,20,21). The lowest BCUT2D eigenvalue weighted by molar-refractivity contribution is -0.131. The van der Waals surface area contributed by atoms with Crippen LogP contribution >= 0.6 is 0 Å². The fourth-order valence-electron chi connectivity index (χ4n) is 2.83. The van der Waals surface area contributed by atoms with Gasteiger partial charge in [0.15, 0.2) is 0 Å². The summed E-state index contributed by atoms with van der Waals surface area (Å²) < 4.78 is 0. The second kappa shape index (κ2) is 6.94. The van der Waals surface area contributed by atoms with Crippen LogP contribution in [0.15, 0.2) is 24.3 Å². The minimum absolute atomic E-state index is 0.0256. The topological polar surface area (TPSA) is 57.6 Å². The van der Waals surface area contributed by atoms with Crippen LogP contribution in [0.1, 0.15) is 41.6 Å². The summed E-state index contributed by atoms with van der Waals surface area (Å²) in [6, 6.07) is 6.73. The Morgan fingerprint density at radius 3 is 2.67 bits per heavy atom. The van der Waals surface area contributed by atoms with Gasteiger partial charge in [0.1, 0.15) is 0 Å². The number of amides is 1. The third kappa shape index (κ3) is 3.85. The molecule has 110 valence electrons. The first kappa shape index (κ1) is 15.1. The Bertz CT molecular complexity index is 568. The van der Waals surface area contributed by atoms with Crippen LogP contribution in [0, 0.1) is 12.3 Å². The molecule has 1 fully saturated rings. The molecule has 1 aliphatic rings. The highest BCUT2D eigenvalue weighted by Crippen LogP contribution is 2.24. The molecule has 4 heteroatoms. The molecule has 1 aromatic carbocycles. The maximum Gasteiger partial charge on any atom is 0.335 e. The van der Waals surface area contributed by atoms with Crippen LogP contribution in [0.2, 0.25) is 0 Å². The van der Waals surface area contributed by atoms with E-state index in [4.69, 9.17) is 11.5 Å². The van der Waals surface area contributed by atoms with Crippen LogP contribution in [0.3, 0.4) is 0 Å². The van der Waals surface area contributed by atoms with E-state index in [9.17, 15) is 9.59 Å². The molecule has 0 bridgehead atoms. The molecule has 0 aromatic heterocycles. The van der Waals surface area contributed by atoms with Gasteiger partial charge in [-0.05, 0) is 30.5 Å². The van der Waals surface area contributed by atoms with Crippen molar-refractivity contribution < 1.29 is 14.7 Å². The van der Waals surface area contributed by atoms with Crippen LogP contribution in [0.4, 0.5) is 0 Å². The Morgan fingerprint density at radius 1 is 1.33 bits per heavy atom. The number of benzene rings is 1. The van der Waals surface area contributed by atoms with Crippen LogP contribution < -0.4 is 0 Å². The quantitative estimate of drug-likeness (QED) is 0.845. The number of carbonyl (C=O) groups excluding carboxylic acids is 1. The van der Waals surface area contributed by atoms with Gasteiger partial charge in [0, 0.05) is 6.04 Å². The van der Waals surface area contributed by atoms with Gasteiger partial charge in [0.05, 0.1) is 18.5 Å². The van der Waals surface area contributed by atoms with E-state index in [-0.39, 0.29) is 23.9 Å². The second-order valence-electron chi connectivity index (χ2n) is 5.35. The van der Waals surface area contributed by atoms with E-state index in [1.54, 1.807) is 23.1 Å². The number of rotatable bonds is 5.